The summed E-state index contributed by atoms with van der Waals surface area (Å²) in [5, 5.41) is 2.76. The molecule has 0 heterocycles. The Kier molecular flexibility index (Phi) is 6.20. The van der Waals surface area contributed by atoms with Gasteiger partial charge in [0, 0.05) is 23.1 Å². The molecule has 0 saturated carbocycles. The quantitative estimate of drug-likeness (QED) is 0.895. The van der Waals surface area contributed by atoms with Gasteiger partial charge in [-0.1, -0.05) is 22.0 Å². The van der Waals surface area contributed by atoms with Crippen LogP contribution in [0.1, 0.15) is 36.7 Å². The minimum Gasteiger partial charge on any atom is -0.341 e. The topological polar surface area (TPSA) is 49.4 Å². The van der Waals surface area contributed by atoms with E-state index >= 15 is 0 Å². The van der Waals surface area contributed by atoms with Gasteiger partial charge in [-0.05, 0) is 45.4 Å². The van der Waals surface area contributed by atoms with E-state index in [0.29, 0.717) is 18.7 Å². The van der Waals surface area contributed by atoms with Gasteiger partial charge in [0.15, 0.2) is 0 Å². The number of carbonyl (C=O) groups is 2. The van der Waals surface area contributed by atoms with Crippen molar-refractivity contribution >= 4 is 27.7 Å². The SMILES string of the molecule is CCN(CC)C(=O)C(C)NC(=O)c1cc(Br)ccc1C. The van der Waals surface area contributed by atoms with Gasteiger partial charge in [0.2, 0.25) is 5.91 Å². The first-order valence-corrected chi connectivity index (χ1v) is 7.55. The van der Waals surface area contributed by atoms with Crippen LogP contribution in [0.25, 0.3) is 0 Å². The molecule has 0 fully saturated rings. The number of aryl methyl sites for hydroxylation is 1. The van der Waals surface area contributed by atoms with Crippen LogP contribution in [0.2, 0.25) is 0 Å². The maximum Gasteiger partial charge on any atom is 0.252 e. The molecule has 0 saturated heterocycles. The molecular formula is C15H21BrN2O2. The minimum atomic E-state index is -0.527. The molecule has 0 aliphatic rings. The highest BCUT2D eigenvalue weighted by molar-refractivity contribution is 9.10. The van der Waals surface area contributed by atoms with E-state index in [4.69, 9.17) is 0 Å². The fourth-order valence-corrected chi connectivity index (χ4v) is 2.35. The molecule has 0 radical (unpaired) electrons. The number of nitrogens with one attached hydrogen (secondary N) is 1. The van der Waals surface area contributed by atoms with E-state index in [0.717, 1.165) is 10.0 Å². The minimum absolute atomic E-state index is 0.0593. The van der Waals surface area contributed by atoms with Gasteiger partial charge < -0.3 is 10.2 Å². The second kappa shape index (κ2) is 7.43. The van der Waals surface area contributed by atoms with Crippen molar-refractivity contribution in [1.29, 1.82) is 0 Å². The number of hydrogen-bond acceptors (Lipinski definition) is 2. The van der Waals surface area contributed by atoms with Gasteiger partial charge in [0.25, 0.3) is 5.91 Å². The molecule has 5 heteroatoms. The van der Waals surface area contributed by atoms with Crippen LogP contribution in [-0.2, 0) is 4.79 Å². The molecule has 1 atom stereocenters. The Labute approximate surface area is 128 Å². The zero-order valence-electron chi connectivity index (χ0n) is 12.4. The van der Waals surface area contributed by atoms with Crippen LogP contribution in [-0.4, -0.2) is 35.8 Å². The van der Waals surface area contributed by atoms with Gasteiger partial charge >= 0.3 is 0 Å². The second-order valence-corrected chi connectivity index (χ2v) is 5.58. The molecule has 1 N–H and O–H groups in total. The van der Waals surface area contributed by atoms with Gasteiger partial charge in [-0.2, -0.15) is 0 Å². The number of hydrogen-bond donors (Lipinski definition) is 1. The lowest BCUT2D eigenvalue weighted by molar-refractivity contribution is -0.132. The van der Waals surface area contributed by atoms with E-state index < -0.39 is 6.04 Å². The maximum absolute atomic E-state index is 12.2. The van der Waals surface area contributed by atoms with Crippen molar-refractivity contribution in [2.24, 2.45) is 0 Å². The van der Waals surface area contributed by atoms with Gasteiger partial charge in [-0.3, -0.25) is 9.59 Å². The third-order valence-electron chi connectivity index (χ3n) is 3.24. The zero-order chi connectivity index (χ0) is 15.3. The Morgan fingerprint density at radius 3 is 2.45 bits per heavy atom. The summed E-state index contributed by atoms with van der Waals surface area (Å²) in [4.78, 5) is 26.1. The lowest BCUT2D eigenvalue weighted by atomic mass is 10.1. The van der Waals surface area contributed by atoms with Crippen molar-refractivity contribution in [3.05, 3.63) is 33.8 Å². The first-order valence-electron chi connectivity index (χ1n) is 6.76. The van der Waals surface area contributed by atoms with Crippen LogP contribution in [0.3, 0.4) is 0 Å². The van der Waals surface area contributed by atoms with E-state index in [1.165, 1.54) is 0 Å². The highest BCUT2D eigenvalue weighted by atomic mass is 79.9. The summed E-state index contributed by atoms with van der Waals surface area (Å²) in [6.45, 7) is 8.73. The third-order valence-corrected chi connectivity index (χ3v) is 3.73. The first kappa shape index (κ1) is 16.7. The van der Waals surface area contributed by atoms with Crippen molar-refractivity contribution in [3.63, 3.8) is 0 Å². The summed E-state index contributed by atoms with van der Waals surface area (Å²) in [5.41, 5.74) is 1.46. The summed E-state index contributed by atoms with van der Waals surface area (Å²) < 4.78 is 0.843. The van der Waals surface area contributed by atoms with Crippen LogP contribution in [0.4, 0.5) is 0 Å². The number of halogens is 1. The number of carbonyl (C=O) groups excluding carboxylic acids is 2. The van der Waals surface area contributed by atoms with E-state index in [1.54, 1.807) is 17.9 Å². The number of amides is 2. The third kappa shape index (κ3) is 4.07. The van der Waals surface area contributed by atoms with Crippen molar-refractivity contribution in [1.82, 2.24) is 10.2 Å². The van der Waals surface area contributed by atoms with Gasteiger partial charge in [0.05, 0.1) is 0 Å². The van der Waals surface area contributed by atoms with Crippen LogP contribution >= 0.6 is 15.9 Å². The molecule has 20 heavy (non-hydrogen) atoms. The molecule has 4 nitrogen and oxygen atoms in total. The Morgan fingerprint density at radius 1 is 1.30 bits per heavy atom. The summed E-state index contributed by atoms with van der Waals surface area (Å²) in [6, 6.07) is 4.99. The average molecular weight is 341 g/mol. The molecule has 1 aromatic carbocycles. The van der Waals surface area contributed by atoms with Gasteiger partial charge in [0.1, 0.15) is 6.04 Å². The predicted octanol–water partition coefficient (Wildman–Crippen LogP) is 2.74. The zero-order valence-corrected chi connectivity index (χ0v) is 14.0. The Morgan fingerprint density at radius 2 is 1.90 bits per heavy atom. The predicted molar refractivity (Wildman–Crippen MR) is 83.7 cm³/mol. The highest BCUT2D eigenvalue weighted by Crippen LogP contribution is 2.16. The lowest BCUT2D eigenvalue weighted by Gasteiger charge is -2.23. The molecule has 1 aromatic rings. The molecule has 2 amide bonds. The molecule has 1 rings (SSSR count). The van der Waals surface area contributed by atoms with E-state index in [-0.39, 0.29) is 11.8 Å². The van der Waals surface area contributed by atoms with E-state index in [2.05, 4.69) is 21.2 Å². The maximum atomic E-state index is 12.2. The Balaban J connectivity index is 2.80. The first-order chi connectivity index (χ1) is 9.40. The summed E-state index contributed by atoms with van der Waals surface area (Å²) in [7, 11) is 0. The summed E-state index contributed by atoms with van der Waals surface area (Å²) in [6.07, 6.45) is 0. The smallest absolute Gasteiger partial charge is 0.252 e. The number of rotatable bonds is 5. The summed E-state index contributed by atoms with van der Waals surface area (Å²) >= 11 is 3.35. The van der Waals surface area contributed by atoms with Crippen LogP contribution in [0, 0.1) is 6.92 Å². The van der Waals surface area contributed by atoms with Gasteiger partial charge in [-0.25, -0.2) is 0 Å². The second-order valence-electron chi connectivity index (χ2n) is 4.66. The number of nitrogens with zero attached hydrogens (tertiary/aromatic N) is 1. The molecule has 0 spiro atoms. The average Bonchev–Trinajstić information content (AvgIpc) is 2.42. The van der Waals surface area contributed by atoms with Crippen molar-refractivity contribution in [2.75, 3.05) is 13.1 Å². The largest absolute Gasteiger partial charge is 0.341 e. The molecule has 0 aromatic heterocycles. The van der Waals surface area contributed by atoms with E-state index in [9.17, 15) is 9.59 Å². The molecule has 110 valence electrons. The lowest BCUT2D eigenvalue weighted by Crippen LogP contribution is -2.46. The monoisotopic (exact) mass is 340 g/mol. The number of likely N-dealkylation sites (N-methyl/N-ethyl adjacent to an activating group) is 1. The molecular weight excluding hydrogens is 320 g/mol. The van der Waals surface area contributed by atoms with Crippen LogP contribution < -0.4 is 5.32 Å². The standard InChI is InChI=1S/C15H21BrN2O2/c1-5-18(6-2)15(20)11(4)17-14(19)13-9-12(16)8-7-10(13)3/h7-9,11H,5-6H2,1-4H3,(H,17,19). The number of benzene rings is 1. The fraction of sp³-hybridized carbons (Fsp3) is 0.467. The Bertz CT molecular complexity index is 499. The fourth-order valence-electron chi connectivity index (χ4n) is 1.98. The van der Waals surface area contributed by atoms with Crippen LogP contribution in [0.15, 0.2) is 22.7 Å². The molecule has 0 aliphatic heterocycles. The van der Waals surface area contributed by atoms with Crippen molar-refractivity contribution < 1.29 is 9.59 Å². The molecule has 1 unspecified atom stereocenters. The van der Waals surface area contributed by atoms with E-state index in [1.807, 2.05) is 32.9 Å². The molecule has 0 aliphatic carbocycles. The van der Waals surface area contributed by atoms with Gasteiger partial charge in [-0.15, -0.1) is 0 Å². The van der Waals surface area contributed by atoms with Crippen LogP contribution in [0.5, 0.6) is 0 Å². The summed E-state index contributed by atoms with van der Waals surface area (Å²) in [5.74, 6) is -0.284. The van der Waals surface area contributed by atoms with Crippen molar-refractivity contribution in [3.8, 4) is 0 Å². The molecule has 0 bridgehead atoms. The normalized spacial score (nSPS) is 11.8. The van der Waals surface area contributed by atoms with Crippen molar-refractivity contribution in [2.45, 2.75) is 33.7 Å². The highest BCUT2D eigenvalue weighted by Gasteiger charge is 2.21. The Hall–Kier alpha value is -1.36.